The van der Waals surface area contributed by atoms with E-state index in [4.69, 9.17) is 9.90 Å². The van der Waals surface area contributed by atoms with Gasteiger partial charge in [-0.3, -0.25) is 0 Å². The van der Waals surface area contributed by atoms with Gasteiger partial charge in [0.15, 0.2) is 0 Å². The Labute approximate surface area is 62.9 Å². The normalized spacial score (nSPS) is 9.60. The summed E-state index contributed by atoms with van der Waals surface area (Å²) in [5.74, 6) is 0. The molecule has 0 aliphatic rings. The van der Waals surface area contributed by atoms with Crippen LogP contribution in [0.5, 0.6) is 0 Å². The molecular weight excluding hydrogens is 130 g/mol. The minimum absolute atomic E-state index is 0.500. The zero-order chi connectivity index (χ0) is 8.62. The van der Waals surface area contributed by atoms with E-state index in [1.165, 1.54) is 13.0 Å². The highest BCUT2D eigenvalue weighted by Gasteiger charge is 2.01. The van der Waals surface area contributed by atoms with Crippen molar-refractivity contribution in [1.82, 2.24) is 0 Å². The van der Waals surface area contributed by atoms with Crippen LogP contribution in [0.4, 0.5) is 0 Å². The molecule has 0 N–H and O–H groups in total. The van der Waals surface area contributed by atoms with Crippen molar-refractivity contribution in [2.24, 2.45) is 0 Å². The number of rotatable bonds is 2. The zero-order valence-corrected chi connectivity index (χ0v) is 7.26. The summed E-state index contributed by atoms with van der Waals surface area (Å²) in [5.41, 5.74) is 0. The first kappa shape index (κ1) is 12.1. The van der Waals surface area contributed by atoms with Crippen molar-refractivity contribution in [3.05, 3.63) is 0 Å². The molecule has 0 aromatic carbocycles. The van der Waals surface area contributed by atoms with E-state index in [1.807, 2.05) is 0 Å². The molecule has 0 unspecified atom stereocenters. The third-order valence-corrected chi connectivity index (χ3v) is 0.894. The van der Waals surface area contributed by atoms with E-state index >= 15 is 0 Å². The lowest BCUT2D eigenvalue weighted by Crippen LogP contribution is -2.34. The lowest BCUT2D eigenvalue weighted by atomic mass is 10.4. The van der Waals surface area contributed by atoms with E-state index in [9.17, 15) is 0 Å². The summed E-state index contributed by atoms with van der Waals surface area (Å²) in [6.07, 6.45) is 1.28. The third kappa shape index (κ3) is 26.1. The molecule has 0 aliphatic heterocycles. The Bertz CT molecular complexity index is 76.2. The van der Waals surface area contributed by atoms with E-state index < -0.39 is 6.47 Å². The van der Waals surface area contributed by atoms with Crippen molar-refractivity contribution < 1.29 is 14.4 Å². The van der Waals surface area contributed by atoms with Gasteiger partial charge in [0.1, 0.15) is 0 Å². The van der Waals surface area contributed by atoms with Gasteiger partial charge in [0.05, 0.1) is 27.7 Å². The third-order valence-electron chi connectivity index (χ3n) is 0.894. The maximum Gasteiger partial charge on any atom is 0.0777 e. The summed E-state index contributed by atoms with van der Waals surface area (Å²) < 4.78 is 1.09. The summed E-state index contributed by atoms with van der Waals surface area (Å²) in [5, 5.41) is 8.25. The van der Waals surface area contributed by atoms with Gasteiger partial charge < -0.3 is 14.4 Å². The highest BCUT2D eigenvalue weighted by molar-refractivity contribution is 5.29. The second-order valence-corrected chi connectivity index (χ2v) is 3.11. The highest BCUT2D eigenvalue weighted by atomic mass is 16.3. The molecule has 0 atom stereocenters. The van der Waals surface area contributed by atoms with E-state index in [-0.39, 0.29) is 0 Å². The van der Waals surface area contributed by atoms with Crippen molar-refractivity contribution in [3.63, 3.8) is 0 Å². The number of carbonyl (C=O) groups excluding carboxylic acids is 1. The quantitative estimate of drug-likeness (QED) is 0.389. The van der Waals surface area contributed by atoms with Crippen LogP contribution in [0.3, 0.4) is 0 Å². The van der Waals surface area contributed by atoms with Crippen LogP contribution in [0.2, 0.25) is 0 Å². The Morgan fingerprint density at radius 2 is 1.70 bits per heavy atom. The minimum Gasteiger partial charge on any atom is -0.554 e. The maximum atomic E-state index is 8.25. The summed E-state index contributed by atoms with van der Waals surface area (Å²) in [6, 6.07) is 0. The Morgan fingerprint density at radius 1 is 1.40 bits per heavy atom. The first-order chi connectivity index (χ1) is 4.47. The molecule has 10 heavy (non-hydrogen) atoms. The average molecular weight is 147 g/mol. The average Bonchev–Trinajstić information content (AvgIpc) is 1.63. The second-order valence-electron chi connectivity index (χ2n) is 3.11. The minimum atomic E-state index is -0.500. The summed E-state index contributed by atoms with van der Waals surface area (Å²) in [4.78, 5) is 8.25. The smallest absolute Gasteiger partial charge is 0.0777 e. The molecule has 0 fully saturated rings. The van der Waals surface area contributed by atoms with Crippen LogP contribution in [-0.4, -0.2) is 38.6 Å². The van der Waals surface area contributed by atoms with E-state index in [0.717, 1.165) is 4.48 Å². The van der Waals surface area contributed by atoms with Crippen molar-refractivity contribution in [2.75, 3.05) is 27.7 Å². The van der Waals surface area contributed by atoms with Crippen LogP contribution >= 0.6 is 0 Å². The lowest BCUT2D eigenvalue weighted by Gasteiger charge is -2.22. The molecule has 0 saturated carbocycles. The van der Waals surface area contributed by atoms with Gasteiger partial charge in [-0.15, -0.1) is 0 Å². The van der Waals surface area contributed by atoms with Gasteiger partial charge in [-0.05, 0) is 6.42 Å². The largest absolute Gasteiger partial charge is 0.554 e. The van der Waals surface area contributed by atoms with Crippen molar-refractivity contribution in [3.8, 4) is 0 Å². The first-order valence-corrected chi connectivity index (χ1v) is 3.34. The SMILES string of the molecule is CCC[N+](C)(C)C.O=C[O-]. The van der Waals surface area contributed by atoms with Gasteiger partial charge in [0.2, 0.25) is 0 Å². The predicted molar refractivity (Wildman–Crippen MR) is 39.3 cm³/mol. The Hall–Kier alpha value is -0.570. The summed E-state index contributed by atoms with van der Waals surface area (Å²) in [7, 11) is 6.64. The van der Waals surface area contributed by atoms with Gasteiger partial charge in [0.25, 0.3) is 0 Å². The maximum absolute atomic E-state index is 8.25. The fourth-order valence-electron chi connectivity index (χ4n) is 0.671. The molecule has 0 aliphatic carbocycles. The zero-order valence-electron chi connectivity index (χ0n) is 7.26. The van der Waals surface area contributed by atoms with Crippen LogP contribution in [0.1, 0.15) is 13.3 Å². The molecule has 62 valence electrons. The Morgan fingerprint density at radius 3 is 1.70 bits per heavy atom. The second kappa shape index (κ2) is 6.55. The number of hydrogen-bond acceptors (Lipinski definition) is 2. The molecule has 0 radical (unpaired) electrons. The van der Waals surface area contributed by atoms with Crippen molar-refractivity contribution >= 4 is 6.47 Å². The fraction of sp³-hybridized carbons (Fsp3) is 0.857. The van der Waals surface area contributed by atoms with Crippen molar-refractivity contribution in [1.29, 1.82) is 0 Å². The molecule has 3 heteroatoms. The number of carbonyl (C=O) groups is 1. The molecule has 0 heterocycles. The fourth-order valence-corrected chi connectivity index (χ4v) is 0.671. The van der Waals surface area contributed by atoms with Crippen LogP contribution < -0.4 is 5.11 Å². The molecule has 0 bridgehead atoms. The molecule has 0 spiro atoms. The van der Waals surface area contributed by atoms with Crippen LogP contribution in [0.25, 0.3) is 0 Å². The Kier molecular flexibility index (Phi) is 7.95. The van der Waals surface area contributed by atoms with E-state index in [2.05, 4.69) is 28.1 Å². The van der Waals surface area contributed by atoms with Gasteiger partial charge in [-0.25, -0.2) is 0 Å². The Balaban J connectivity index is 0. The van der Waals surface area contributed by atoms with E-state index in [1.54, 1.807) is 0 Å². The topological polar surface area (TPSA) is 40.1 Å². The van der Waals surface area contributed by atoms with Gasteiger partial charge in [-0.1, -0.05) is 6.92 Å². The van der Waals surface area contributed by atoms with Crippen LogP contribution in [-0.2, 0) is 4.79 Å². The van der Waals surface area contributed by atoms with Gasteiger partial charge in [0, 0.05) is 6.47 Å². The van der Waals surface area contributed by atoms with E-state index in [0.29, 0.717) is 0 Å². The summed E-state index contributed by atoms with van der Waals surface area (Å²) in [6.45, 7) is 2.99. The standard InChI is InChI=1S/C6H16N.CH2O2/c1-5-6-7(2,3)4;2-1-3/h5-6H2,1-4H3;1H,(H,2,3)/q+1;/p-1. The molecule has 0 rings (SSSR count). The van der Waals surface area contributed by atoms with Crippen LogP contribution in [0, 0.1) is 0 Å². The first-order valence-electron chi connectivity index (χ1n) is 3.34. The molecular formula is C7H17NO2. The number of quaternary nitrogens is 1. The molecule has 0 saturated heterocycles. The molecule has 0 amide bonds. The van der Waals surface area contributed by atoms with Crippen LogP contribution in [0.15, 0.2) is 0 Å². The number of nitrogens with zero attached hydrogens (tertiary/aromatic N) is 1. The molecule has 0 aromatic rings. The molecule has 0 aromatic heterocycles. The van der Waals surface area contributed by atoms with Gasteiger partial charge >= 0.3 is 0 Å². The lowest BCUT2D eigenvalue weighted by molar-refractivity contribution is -0.870. The monoisotopic (exact) mass is 147 g/mol. The summed E-state index contributed by atoms with van der Waals surface area (Å²) >= 11 is 0. The highest BCUT2D eigenvalue weighted by Crippen LogP contribution is 1.90. The molecule has 3 nitrogen and oxygen atoms in total. The van der Waals surface area contributed by atoms with Gasteiger partial charge in [-0.2, -0.15) is 0 Å². The predicted octanol–water partition coefficient (Wildman–Crippen LogP) is -0.531. The number of hydrogen-bond donors (Lipinski definition) is 0. The number of carboxylic acid groups (broad SMARTS) is 1. The van der Waals surface area contributed by atoms with Crippen molar-refractivity contribution in [2.45, 2.75) is 13.3 Å².